The Labute approximate surface area is 520 Å². The SMILES string of the molecule is C/C=C/C[C@@H](C)[C@@H](O)[C@H]1C(=O)N[C@@H](CC)C(=O)N(C)C(CO)C(=O)N(C)[C@@H](CC(C)C)C(=O)N[C@@H](C(C)C)C(=O)N(C)[C@@H](CC(C)C)C(=O)N[C@@H](C)C(=O)N[C@@H](C)C(=O)N(C)[C@@H](CC(C)C)C(=O)N(C)[C@@H](CC(C)C)C(=O)N(C)[C@@H](C(C)C)C(=O)N1C. The van der Waals surface area contributed by atoms with Gasteiger partial charge in [-0.25, -0.2) is 0 Å². The molecule has 0 aliphatic carbocycles. The minimum absolute atomic E-state index is 0.0623. The molecule has 0 spiro atoms. The first-order chi connectivity index (χ1) is 40.2. The summed E-state index contributed by atoms with van der Waals surface area (Å²) in [6, 6.07) is -14.4. The maximum atomic E-state index is 15.2. The fourth-order valence-electron chi connectivity index (χ4n) is 11.0. The van der Waals surface area contributed by atoms with Crippen LogP contribution in [0.3, 0.4) is 0 Å². The van der Waals surface area contributed by atoms with Crippen LogP contribution in [0.15, 0.2) is 12.2 Å². The number of amides is 11. The summed E-state index contributed by atoms with van der Waals surface area (Å²) in [5.41, 5.74) is 0. The van der Waals surface area contributed by atoms with Gasteiger partial charge in [0, 0.05) is 49.3 Å². The van der Waals surface area contributed by atoms with Crippen LogP contribution in [0.1, 0.15) is 156 Å². The van der Waals surface area contributed by atoms with E-state index in [4.69, 9.17) is 0 Å². The standard InChI is InChI=1S/C63H113N11O13/c1-25-27-28-40(15)52(76)51-56(80)66-43(26-2)58(82)72(22)48(33-75)61(85)68(18)45(30-35(5)6)55(79)67-49(38(11)12)62(86)69(19)44(29-34(3)4)54(78)64-41(16)53(77)65-42(17)57(81)70(20)46(31-36(7)8)59(83)71(21)47(32-37(9)10)60(84)73(23)50(39(13)14)63(87)74(51)24/h25,27,34-52,75-76H,26,28-33H2,1-24H3,(H,64,78)(H,65,77)(H,66,80)(H,67,79)/b27-25+/t40-,41+,42+,43+,44+,45+,46+,47+,48?,49+,50+,51+,52-/m1/s1. The highest BCUT2D eigenvalue weighted by Gasteiger charge is 2.46. The maximum Gasteiger partial charge on any atom is 0.248 e. The highest BCUT2D eigenvalue weighted by molar-refractivity contribution is 6.00. The molecule has 0 aromatic heterocycles. The Morgan fingerprint density at radius 2 is 0.805 bits per heavy atom. The molecule has 0 radical (unpaired) electrons. The highest BCUT2D eigenvalue weighted by atomic mass is 16.3. The molecule has 1 heterocycles. The molecule has 498 valence electrons. The molecular weight excluding hydrogens is 1120 g/mol. The topological polar surface area (TPSA) is 299 Å². The molecule has 0 aromatic carbocycles. The van der Waals surface area contributed by atoms with Crippen molar-refractivity contribution in [3.8, 4) is 0 Å². The number of carbonyl (C=O) groups is 11. The van der Waals surface area contributed by atoms with Crippen LogP contribution in [-0.2, 0) is 52.7 Å². The fraction of sp³-hybridized carbons (Fsp3) is 0.794. The van der Waals surface area contributed by atoms with Crippen LogP contribution in [0, 0.1) is 41.4 Å². The molecule has 1 fully saturated rings. The molecule has 1 unspecified atom stereocenters. The van der Waals surface area contributed by atoms with Crippen molar-refractivity contribution in [3.63, 3.8) is 0 Å². The van der Waals surface area contributed by atoms with Crippen LogP contribution in [0.2, 0.25) is 0 Å². The summed E-state index contributed by atoms with van der Waals surface area (Å²) in [6.45, 7) is 28.6. The van der Waals surface area contributed by atoms with Crippen molar-refractivity contribution < 1.29 is 63.0 Å². The predicted molar refractivity (Wildman–Crippen MR) is 334 cm³/mol. The van der Waals surface area contributed by atoms with Crippen LogP contribution in [0.25, 0.3) is 0 Å². The number of allylic oxidation sites excluding steroid dienone is 2. The number of hydrogen-bond donors (Lipinski definition) is 6. The van der Waals surface area contributed by atoms with Gasteiger partial charge in [0.05, 0.1) is 12.7 Å². The third-order valence-electron chi connectivity index (χ3n) is 16.6. The normalized spacial score (nSPS) is 27.4. The summed E-state index contributed by atoms with van der Waals surface area (Å²) in [7, 11) is 9.64. The lowest BCUT2D eigenvalue weighted by Crippen LogP contribution is -2.64. The number of likely N-dealkylation sites (N-methyl/N-ethyl adjacent to an activating group) is 7. The molecule has 1 saturated heterocycles. The van der Waals surface area contributed by atoms with Crippen LogP contribution in [0.5, 0.6) is 0 Å². The zero-order chi connectivity index (χ0) is 67.6. The predicted octanol–water partition coefficient (Wildman–Crippen LogP) is 2.63. The number of rotatable bonds is 16. The zero-order valence-electron chi connectivity index (χ0n) is 57.1. The molecule has 1 aliphatic heterocycles. The van der Waals surface area contributed by atoms with E-state index < -0.39 is 162 Å². The van der Waals surface area contributed by atoms with E-state index in [9.17, 15) is 53.4 Å². The third kappa shape index (κ3) is 21.5. The van der Waals surface area contributed by atoms with E-state index in [0.717, 1.165) is 14.7 Å². The smallest absolute Gasteiger partial charge is 0.248 e. The Morgan fingerprint density at radius 1 is 0.425 bits per heavy atom. The summed E-state index contributed by atoms with van der Waals surface area (Å²) < 4.78 is 0. The Kier molecular flexibility index (Phi) is 32.4. The van der Waals surface area contributed by atoms with Crippen molar-refractivity contribution >= 4 is 65.0 Å². The molecular formula is C63H113N11O13. The molecule has 0 saturated carbocycles. The van der Waals surface area contributed by atoms with Gasteiger partial charge < -0.3 is 65.8 Å². The van der Waals surface area contributed by atoms with Crippen molar-refractivity contribution in [2.75, 3.05) is 55.9 Å². The van der Waals surface area contributed by atoms with Gasteiger partial charge in [-0.15, -0.1) is 0 Å². The molecule has 6 N–H and O–H groups in total. The van der Waals surface area contributed by atoms with Gasteiger partial charge >= 0.3 is 0 Å². The van der Waals surface area contributed by atoms with E-state index in [0.29, 0.717) is 0 Å². The number of aliphatic hydroxyl groups is 2. The first kappa shape index (κ1) is 78.8. The Morgan fingerprint density at radius 3 is 1.23 bits per heavy atom. The zero-order valence-corrected chi connectivity index (χ0v) is 57.1. The monoisotopic (exact) mass is 1230 g/mol. The molecule has 87 heavy (non-hydrogen) atoms. The molecule has 0 bridgehead atoms. The average Bonchev–Trinajstić information content (AvgIpc) is 1.23. The van der Waals surface area contributed by atoms with Gasteiger partial charge in [-0.2, -0.15) is 0 Å². The first-order valence-corrected chi connectivity index (χ1v) is 31.2. The van der Waals surface area contributed by atoms with Crippen molar-refractivity contribution in [1.29, 1.82) is 0 Å². The van der Waals surface area contributed by atoms with Gasteiger partial charge in [0.15, 0.2) is 0 Å². The number of nitrogens with zero attached hydrogens (tertiary/aromatic N) is 7. The van der Waals surface area contributed by atoms with Crippen LogP contribution in [-0.4, -0.2) is 238 Å². The van der Waals surface area contributed by atoms with Gasteiger partial charge in [0.25, 0.3) is 0 Å². The van der Waals surface area contributed by atoms with E-state index >= 15 is 9.59 Å². The number of carbonyl (C=O) groups excluding carboxylic acids is 11. The molecule has 24 heteroatoms. The maximum absolute atomic E-state index is 15.2. The van der Waals surface area contributed by atoms with E-state index in [1.165, 1.54) is 82.8 Å². The quantitative estimate of drug-likeness (QED) is 0.121. The highest BCUT2D eigenvalue weighted by Crippen LogP contribution is 2.26. The summed E-state index contributed by atoms with van der Waals surface area (Å²) in [5, 5.41) is 33.9. The number of nitrogens with one attached hydrogen (secondary N) is 4. The Balaban J connectivity index is 4.41. The van der Waals surface area contributed by atoms with E-state index in [2.05, 4.69) is 21.3 Å². The van der Waals surface area contributed by atoms with Gasteiger partial charge in [0.2, 0.25) is 65.0 Å². The lowest BCUT2D eigenvalue weighted by Gasteiger charge is -2.41. The van der Waals surface area contributed by atoms with E-state index in [1.807, 2.05) is 55.4 Å². The van der Waals surface area contributed by atoms with Gasteiger partial charge in [0.1, 0.15) is 66.5 Å². The van der Waals surface area contributed by atoms with Gasteiger partial charge in [-0.1, -0.05) is 109 Å². The second-order valence-electron chi connectivity index (χ2n) is 26.5. The summed E-state index contributed by atoms with van der Waals surface area (Å²) in [4.78, 5) is 169. The second-order valence-corrected chi connectivity index (χ2v) is 26.5. The minimum Gasteiger partial charge on any atom is -0.394 e. The van der Waals surface area contributed by atoms with E-state index in [-0.39, 0.29) is 62.2 Å². The fourth-order valence-corrected chi connectivity index (χ4v) is 11.0. The average molecular weight is 1230 g/mol. The molecule has 1 aliphatic rings. The Hall–Kier alpha value is -6.17. The molecule has 13 atom stereocenters. The molecule has 0 aromatic rings. The van der Waals surface area contributed by atoms with Crippen molar-refractivity contribution in [2.24, 2.45) is 41.4 Å². The lowest BCUT2D eigenvalue weighted by molar-refractivity contribution is -0.157. The summed E-state index contributed by atoms with van der Waals surface area (Å²) >= 11 is 0. The lowest BCUT2D eigenvalue weighted by atomic mass is 9.91. The third-order valence-corrected chi connectivity index (χ3v) is 16.6. The van der Waals surface area contributed by atoms with E-state index in [1.54, 1.807) is 60.6 Å². The summed E-state index contributed by atoms with van der Waals surface area (Å²) in [6.07, 6.45) is 2.71. The van der Waals surface area contributed by atoms with Crippen molar-refractivity contribution in [2.45, 2.75) is 229 Å². The van der Waals surface area contributed by atoms with Crippen LogP contribution in [0.4, 0.5) is 0 Å². The molecule has 11 amide bonds. The van der Waals surface area contributed by atoms with Crippen LogP contribution >= 0.6 is 0 Å². The largest absolute Gasteiger partial charge is 0.394 e. The molecule has 1 rings (SSSR count). The minimum atomic E-state index is -1.67. The molecule has 24 nitrogen and oxygen atoms in total. The second kappa shape index (κ2) is 35.7. The van der Waals surface area contributed by atoms with Gasteiger partial charge in [-0.05, 0) is 101 Å². The number of aliphatic hydroxyl groups excluding tert-OH is 2. The van der Waals surface area contributed by atoms with Crippen molar-refractivity contribution in [3.05, 3.63) is 12.2 Å². The number of hydrogen-bond acceptors (Lipinski definition) is 13. The van der Waals surface area contributed by atoms with Crippen LogP contribution < -0.4 is 21.3 Å². The van der Waals surface area contributed by atoms with Crippen molar-refractivity contribution in [1.82, 2.24) is 55.6 Å². The Bertz CT molecular complexity index is 2380. The first-order valence-electron chi connectivity index (χ1n) is 31.2. The van der Waals surface area contributed by atoms with Gasteiger partial charge in [-0.3, -0.25) is 52.7 Å². The summed E-state index contributed by atoms with van der Waals surface area (Å²) in [5.74, 6) is -10.6.